The van der Waals surface area contributed by atoms with E-state index in [9.17, 15) is 4.79 Å². The molecule has 0 unspecified atom stereocenters. The van der Waals surface area contributed by atoms with E-state index < -0.39 is 0 Å². The van der Waals surface area contributed by atoms with Crippen LogP contribution in [0.5, 0.6) is 5.75 Å². The molecule has 0 aliphatic heterocycles. The van der Waals surface area contributed by atoms with Crippen LogP contribution in [0.2, 0.25) is 0 Å². The number of benzene rings is 2. The van der Waals surface area contributed by atoms with E-state index in [0.29, 0.717) is 19.6 Å². The first-order valence-corrected chi connectivity index (χ1v) is 8.55. The van der Waals surface area contributed by atoms with Crippen LogP contribution in [-0.2, 0) is 24.9 Å². The second-order valence-corrected chi connectivity index (χ2v) is 6.15. The summed E-state index contributed by atoms with van der Waals surface area (Å²) in [6.07, 6.45) is 2.67. The molecule has 0 radical (unpaired) electrons. The molecule has 0 saturated heterocycles. The Morgan fingerprint density at radius 3 is 2.81 bits per heavy atom. The van der Waals surface area contributed by atoms with Crippen molar-refractivity contribution in [1.82, 2.24) is 9.88 Å². The Morgan fingerprint density at radius 1 is 1.23 bits per heavy atom. The standard InChI is InChI=1S/C21H21N3O2/c1-24-14-17(10-12-23-21(25)9-11-22)19-13-18(7-8-20(19)24)26-15-16-5-3-2-4-6-16/h2-8,13-14H,9-10,12,15H2,1H3,(H,23,25). The molecule has 5 nitrogen and oxygen atoms in total. The molecule has 1 amide bonds. The Balaban J connectivity index is 1.71. The Morgan fingerprint density at radius 2 is 2.04 bits per heavy atom. The van der Waals surface area contributed by atoms with E-state index in [1.165, 1.54) is 0 Å². The van der Waals surface area contributed by atoms with Crippen LogP contribution in [0.25, 0.3) is 10.9 Å². The molecular formula is C21H21N3O2. The Kier molecular flexibility index (Phi) is 5.55. The summed E-state index contributed by atoms with van der Waals surface area (Å²) in [5, 5.41) is 12.4. The average Bonchev–Trinajstić information content (AvgIpc) is 2.96. The Bertz CT molecular complexity index is 939. The second-order valence-electron chi connectivity index (χ2n) is 6.15. The van der Waals surface area contributed by atoms with Crippen molar-refractivity contribution in [2.75, 3.05) is 6.54 Å². The van der Waals surface area contributed by atoms with Crippen LogP contribution in [0.3, 0.4) is 0 Å². The van der Waals surface area contributed by atoms with Gasteiger partial charge in [0.15, 0.2) is 0 Å². The van der Waals surface area contributed by atoms with Crippen molar-refractivity contribution < 1.29 is 9.53 Å². The summed E-state index contributed by atoms with van der Waals surface area (Å²) in [7, 11) is 2.00. The van der Waals surface area contributed by atoms with Crippen LogP contribution >= 0.6 is 0 Å². The van der Waals surface area contributed by atoms with E-state index in [1.54, 1.807) is 0 Å². The highest BCUT2D eigenvalue weighted by atomic mass is 16.5. The zero-order valence-electron chi connectivity index (χ0n) is 14.7. The maximum atomic E-state index is 11.4. The summed E-state index contributed by atoms with van der Waals surface area (Å²) in [4.78, 5) is 11.4. The number of nitrogens with one attached hydrogen (secondary N) is 1. The number of amides is 1. The number of aryl methyl sites for hydroxylation is 1. The van der Waals surface area contributed by atoms with Crippen LogP contribution in [0.15, 0.2) is 54.7 Å². The summed E-state index contributed by atoms with van der Waals surface area (Å²) < 4.78 is 8.00. The fraction of sp³-hybridized carbons (Fsp3) is 0.238. The lowest BCUT2D eigenvalue weighted by molar-refractivity contribution is -0.120. The Labute approximate surface area is 152 Å². The van der Waals surface area contributed by atoms with E-state index in [2.05, 4.69) is 16.1 Å². The molecule has 1 aromatic heterocycles. The maximum absolute atomic E-state index is 11.4. The van der Waals surface area contributed by atoms with Crippen molar-refractivity contribution in [2.24, 2.45) is 7.05 Å². The van der Waals surface area contributed by atoms with E-state index in [-0.39, 0.29) is 12.3 Å². The molecule has 0 fully saturated rings. The van der Waals surface area contributed by atoms with Gasteiger partial charge in [-0.15, -0.1) is 0 Å². The fourth-order valence-electron chi connectivity index (χ4n) is 2.95. The topological polar surface area (TPSA) is 67.0 Å². The first-order chi connectivity index (χ1) is 12.7. The molecule has 0 atom stereocenters. The lowest BCUT2D eigenvalue weighted by Gasteiger charge is -2.07. The monoisotopic (exact) mass is 347 g/mol. The third-order valence-corrected chi connectivity index (χ3v) is 4.25. The number of nitriles is 1. The van der Waals surface area contributed by atoms with Gasteiger partial charge in [-0.3, -0.25) is 4.79 Å². The highest BCUT2D eigenvalue weighted by Gasteiger charge is 2.09. The first-order valence-electron chi connectivity index (χ1n) is 8.55. The molecule has 2 aromatic carbocycles. The molecule has 0 aliphatic rings. The van der Waals surface area contributed by atoms with Gasteiger partial charge in [-0.05, 0) is 35.7 Å². The second kappa shape index (κ2) is 8.21. The van der Waals surface area contributed by atoms with E-state index in [1.807, 2.05) is 61.6 Å². The molecule has 3 aromatic rings. The van der Waals surface area contributed by atoms with Crippen molar-refractivity contribution in [2.45, 2.75) is 19.4 Å². The molecule has 1 heterocycles. The van der Waals surface area contributed by atoms with Crippen molar-refractivity contribution in [3.8, 4) is 11.8 Å². The van der Waals surface area contributed by atoms with E-state index in [4.69, 9.17) is 10.00 Å². The number of carbonyl (C=O) groups excluding carboxylic acids is 1. The lowest BCUT2D eigenvalue weighted by atomic mass is 10.1. The first kappa shape index (κ1) is 17.6. The van der Waals surface area contributed by atoms with Crippen LogP contribution in [0, 0.1) is 11.3 Å². The molecule has 0 bridgehead atoms. The molecule has 0 aliphatic carbocycles. The van der Waals surface area contributed by atoms with Gasteiger partial charge in [-0.1, -0.05) is 30.3 Å². The summed E-state index contributed by atoms with van der Waals surface area (Å²) in [6, 6.07) is 18.0. The van der Waals surface area contributed by atoms with Crippen molar-refractivity contribution in [1.29, 1.82) is 5.26 Å². The minimum atomic E-state index is -0.236. The van der Waals surface area contributed by atoms with Crippen molar-refractivity contribution in [3.05, 3.63) is 65.9 Å². The van der Waals surface area contributed by atoms with Gasteiger partial charge in [-0.2, -0.15) is 5.26 Å². The van der Waals surface area contributed by atoms with Gasteiger partial charge < -0.3 is 14.6 Å². The predicted octanol–water partition coefficient (Wildman–Crippen LogP) is 3.33. The van der Waals surface area contributed by atoms with Crippen molar-refractivity contribution >= 4 is 16.8 Å². The predicted molar refractivity (Wildman–Crippen MR) is 101 cm³/mol. The molecule has 3 rings (SSSR count). The average molecular weight is 347 g/mol. The highest BCUT2D eigenvalue weighted by molar-refractivity contribution is 5.85. The van der Waals surface area contributed by atoms with Crippen LogP contribution in [0.1, 0.15) is 17.5 Å². The summed E-state index contributed by atoms with van der Waals surface area (Å²) in [6.45, 7) is 1.04. The van der Waals surface area contributed by atoms with E-state index >= 15 is 0 Å². The van der Waals surface area contributed by atoms with Gasteiger partial charge in [0.1, 0.15) is 18.8 Å². The molecule has 132 valence electrons. The Hall–Kier alpha value is -3.26. The number of aromatic nitrogens is 1. The zero-order valence-corrected chi connectivity index (χ0v) is 14.7. The van der Waals surface area contributed by atoms with Gasteiger partial charge in [0, 0.05) is 30.7 Å². The smallest absolute Gasteiger partial charge is 0.234 e. The van der Waals surface area contributed by atoms with Gasteiger partial charge in [-0.25, -0.2) is 0 Å². The normalized spacial score (nSPS) is 10.5. The number of hydrogen-bond acceptors (Lipinski definition) is 3. The lowest BCUT2D eigenvalue weighted by Crippen LogP contribution is -2.24. The van der Waals surface area contributed by atoms with Crippen LogP contribution in [0.4, 0.5) is 0 Å². The third kappa shape index (κ3) is 4.22. The molecule has 5 heteroatoms. The van der Waals surface area contributed by atoms with Crippen LogP contribution in [-0.4, -0.2) is 17.0 Å². The van der Waals surface area contributed by atoms with E-state index in [0.717, 1.165) is 27.8 Å². The third-order valence-electron chi connectivity index (χ3n) is 4.25. The number of hydrogen-bond donors (Lipinski definition) is 1. The highest BCUT2D eigenvalue weighted by Crippen LogP contribution is 2.26. The SMILES string of the molecule is Cn1cc(CCNC(=O)CC#N)c2cc(OCc3ccccc3)ccc21. The number of nitrogens with zero attached hydrogens (tertiary/aromatic N) is 2. The minimum absolute atomic E-state index is 0.104. The minimum Gasteiger partial charge on any atom is -0.489 e. The molecule has 26 heavy (non-hydrogen) atoms. The largest absolute Gasteiger partial charge is 0.489 e. The molecular weight excluding hydrogens is 326 g/mol. The van der Waals surface area contributed by atoms with Crippen LogP contribution < -0.4 is 10.1 Å². The number of ether oxygens (including phenoxy) is 1. The fourth-order valence-corrected chi connectivity index (χ4v) is 2.95. The van der Waals surface area contributed by atoms with Crippen molar-refractivity contribution in [3.63, 3.8) is 0 Å². The maximum Gasteiger partial charge on any atom is 0.234 e. The van der Waals surface area contributed by atoms with Gasteiger partial charge >= 0.3 is 0 Å². The quantitative estimate of drug-likeness (QED) is 0.713. The number of fused-ring (bicyclic) bond motifs is 1. The zero-order chi connectivity index (χ0) is 18.4. The summed E-state index contributed by atoms with van der Waals surface area (Å²) in [5.41, 5.74) is 3.39. The van der Waals surface area contributed by atoms with Gasteiger partial charge in [0.25, 0.3) is 0 Å². The molecule has 0 spiro atoms. The molecule has 1 N–H and O–H groups in total. The van der Waals surface area contributed by atoms with Gasteiger partial charge in [0.2, 0.25) is 5.91 Å². The van der Waals surface area contributed by atoms with Gasteiger partial charge in [0.05, 0.1) is 6.07 Å². The number of rotatable bonds is 7. The number of carbonyl (C=O) groups is 1. The molecule has 0 saturated carbocycles. The summed E-state index contributed by atoms with van der Waals surface area (Å²) in [5.74, 6) is 0.585. The summed E-state index contributed by atoms with van der Waals surface area (Å²) >= 11 is 0.